The molecule has 1 aliphatic carbocycles. The number of nitrogens with zero attached hydrogens (tertiary/aromatic N) is 1. The lowest BCUT2D eigenvalue weighted by atomic mass is 10.1. The molecule has 0 heterocycles. The molecule has 0 saturated heterocycles. The maximum absolute atomic E-state index is 14.0. The van der Waals surface area contributed by atoms with Gasteiger partial charge in [-0.1, -0.05) is 30.9 Å². The monoisotopic (exact) mass is 355 g/mol. The molecule has 0 atom stereocenters. The first kappa shape index (κ1) is 18.0. The highest BCUT2D eigenvalue weighted by Crippen LogP contribution is 2.33. The lowest BCUT2D eigenvalue weighted by Gasteiger charge is -2.23. The molecular weight excluding hydrogens is 333 g/mol. The van der Waals surface area contributed by atoms with Crippen LogP contribution < -0.4 is 9.47 Å². The van der Waals surface area contributed by atoms with E-state index in [0.29, 0.717) is 29.2 Å². The highest BCUT2D eigenvalue weighted by Gasteiger charge is 2.33. The van der Waals surface area contributed by atoms with Crippen LogP contribution in [0.3, 0.4) is 0 Å². The van der Waals surface area contributed by atoms with Crippen molar-refractivity contribution in [2.75, 3.05) is 13.7 Å². The fourth-order valence-corrected chi connectivity index (χ4v) is 2.80. The molecular formula is C21H22FNO3. The summed E-state index contributed by atoms with van der Waals surface area (Å²) < 4.78 is 24.9. The van der Waals surface area contributed by atoms with Crippen molar-refractivity contribution in [3.8, 4) is 11.5 Å². The minimum Gasteiger partial charge on any atom is -0.493 e. The molecule has 0 unspecified atom stereocenters. The number of hydrogen-bond donors (Lipinski definition) is 0. The van der Waals surface area contributed by atoms with E-state index in [1.54, 1.807) is 47.4 Å². The number of ether oxygens (including phenoxy) is 2. The zero-order chi connectivity index (χ0) is 18.5. The molecule has 3 rings (SSSR count). The number of carbonyl (C=O) groups is 1. The first-order chi connectivity index (χ1) is 12.6. The molecule has 1 aliphatic rings. The summed E-state index contributed by atoms with van der Waals surface area (Å²) in [5.74, 6) is 0.608. The molecule has 2 aromatic carbocycles. The van der Waals surface area contributed by atoms with Gasteiger partial charge in [0.05, 0.1) is 7.11 Å². The number of amides is 1. The third-order valence-corrected chi connectivity index (χ3v) is 4.31. The van der Waals surface area contributed by atoms with E-state index in [2.05, 4.69) is 6.58 Å². The van der Waals surface area contributed by atoms with Gasteiger partial charge in [0, 0.05) is 23.7 Å². The van der Waals surface area contributed by atoms with Crippen molar-refractivity contribution >= 4 is 5.91 Å². The maximum Gasteiger partial charge on any atom is 0.254 e. The number of rotatable bonds is 8. The molecule has 0 radical (unpaired) electrons. The highest BCUT2D eigenvalue weighted by atomic mass is 19.1. The van der Waals surface area contributed by atoms with E-state index in [1.165, 1.54) is 13.2 Å². The molecule has 4 nitrogen and oxygen atoms in total. The highest BCUT2D eigenvalue weighted by molar-refractivity contribution is 5.95. The van der Waals surface area contributed by atoms with Crippen LogP contribution in [0.2, 0.25) is 0 Å². The van der Waals surface area contributed by atoms with Gasteiger partial charge in [-0.05, 0) is 37.1 Å². The fourth-order valence-electron chi connectivity index (χ4n) is 2.80. The van der Waals surface area contributed by atoms with Gasteiger partial charge >= 0.3 is 0 Å². The topological polar surface area (TPSA) is 38.8 Å². The van der Waals surface area contributed by atoms with Crippen LogP contribution in [0.15, 0.2) is 55.1 Å². The molecule has 1 saturated carbocycles. The molecule has 0 N–H and O–H groups in total. The predicted molar refractivity (Wildman–Crippen MR) is 98.0 cm³/mol. The Bertz CT molecular complexity index is 802. The summed E-state index contributed by atoms with van der Waals surface area (Å²) in [4.78, 5) is 14.8. The normalized spacial score (nSPS) is 13.2. The van der Waals surface area contributed by atoms with Gasteiger partial charge in [0.2, 0.25) is 0 Å². The summed E-state index contributed by atoms with van der Waals surface area (Å²) in [6.07, 6.45) is 3.53. The third kappa shape index (κ3) is 4.04. The standard InChI is InChI=1S/C21H22FNO3/c1-3-12-26-19-11-8-15(13-20(19)25-2)21(24)23(17-9-10-17)14-16-6-4-5-7-18(16)22/h3-8,11,13,17H,1,9-10,12,14H2,2H3. The van der Waals surface area contributed by atoms with Crippen LogP contribution in [0, 0.1) is 5.82 Å². The summed E-state index contributed by atoms with van der Waals surface area (Å²) >= 11 is 0. The Morgan fingerprint density at radius 3 is 2.69 bits per heavy atom. The van der Waals surface area contributed by atoms with Crippen LogP contribution in [-0.4, -0.2) is 30.6 Å². The van der Waals surface area contributed by atoms with Gasteiger partial charge in [0.25, 0.3) is 5.91 Å². The summed E-state index contributed by atoms with van der Waals surface area (Å²) in [7, 11) is 1.53. The summed E-state index contributed by atoms with van der Waals surface area (Å²) in [5.41, 5.74) is 1.02. The predicted octanol–water partition coefficient (Wildman–Crippen LogP) is 4.20. The first-order valence-corrected chi connectivity index (χ1v) is 8.60. The van der Waals surface area contributed by atoms with Gasteiger partial charge in [0.15, 0.2) is 11.5 Å². The van der Waals surface area contributed by atoms with Crippen LogP contribution in [0.5, 0.6) is 11.5 Å². The van der Waals surface area contributed by atoms with E-state index in [9.17, 15) is 9.18 Å². The zero-order valence-corrected chi connectivity index (χ0v) is 14.8. The van der Waals surface area contributed by atoms with Crippen molar-refractivity contribution in [1.29, 1.82) is 0 Å². The minimum absolute atomic E-state index is 0.135. The van der Waals surface area contributed by atoms with Gasteiger partial charge in [-0.15, -0.1) is 0 Å². The smallest absolute Gasteiger partial charge is 0.254 e. The van der Waals surface area contributed by atoms with Gasteiger partial charge in [-0.25, -0.2) is 4.39 Å². The van der Waals surface area contributed by atoms with E-state index in [1.807, 2.05) is 0 Å². The summed E-state index contributed by atoms with van der Waals surface area (Å²) in [5, 5.41) is 0. The number of methoxy groups -OCH3 is 1. The Morgan fingerprint density at radius 2 is 2.04 bits per heavy atom. The van der Waals surface area contributed by atoms with Gasteiger partial charge < -0.3 is 14.4 Å². The Hall–Kier alpha value is -2.82. The lowest BCUT2D eigenvalue weighted by molar-refractivity contribution is 0.0728. The van der Waals surface area contributed by atoms with Gasteiger partial charge in [-0.3, -0.25) is 4.79 Å². The second-order valence-electron chi connectivity index (χ2n) is 6.22. The van der Waals surface area contributed by atoms with E-state index in [0.717, 1.165) is 12.8 Å². The maximum atomic E-state index is 14.0. The van der Waals surface area contributed by atoms with Crippen molar-refractivity contribution in [1.82, 2.24) is 4.90 Å². The van der Waals surface area contributed by atoms with Crippen LogP contribution >= 0.6 is 0 Å². The van der Waals surface area contributed by atoms with E-state index >= 15 is 0 Å². The van der Waals surface area contributed by atoms with E-state index < -0.39 is 0 Å². The first-order valence-electron chi connectivity index (χ1n) is 8.60. The Labute approximate surface area is 152 Å². The SMILES string of the molecule is C=CCOc1ccc(C(=O)N(Cc2ccccc2F)C2CC2)cc1OC. The van der Waals surface area contributed by atoms with Crippen molar-refractivity contribution in [2.24, 2.45) is 0 Å². The number of halogens is 1. The Kier molecular flexibility index (Phi) is 5.56. The molecule has 0 bridgehead atoms. The molecule has 2 aromatic rings. The molecule has 1 fully saturated rings. The van der Waals surface area contributed by atoms with Crippen LogP contribution in [0.1, 0.15) is 28.8 Å². The quantitative estimate of drug-likeness (QED) is 0.666. The van der Waals surface area contributed by atoms with Crippen molar-refractivity contribution in [3.63, 3.8) is 0 Å². The van der Waals surface area contributed by atoms with Gasteiger partial charge in [-0.2, -0.15) is 0 Å². The van der Waals surface area contributed by atoms with Crippen LogP contribution in [-0.2, 0) is 6.54 Å². The number of carbonyl (C=O) groups excluding carboxylic acids is 1. The molecule has 0 aromatic heterocycles. The summed E-state index contributed by atoms with van der Waals surface area (Å²) in [6.45, 7) is 4.23. The van der Waals surface area contributed by atoms with E-state index in [-0.39, 0.29) is 24.3 Å². The van der Waals surface area contributed by atoms with E-state index in [4.69, 9.17) is 9.47 Å². The second-order valence-corrected chi connectivity index (χ2v) is 6.22. The average Bonchev–Trinajstić information content (AvgIpc) is 3.50. The zero-order valence-electron chi connectivity index (χ0n) is 14.8. The molecule has 26 heavy (non-hydrogen) atoms. The summed E-state index contributed by atoms with van der Waals surface area (Å²) in [6, 6.07) is 11.8. The fraction of sp³-hybridized carbons (Fsp3) is 0.286. The van der Waals surface area contributed by atoms with Crippen LogP contribution in [0.25, 0.3) is 0 Å². The molecule has 1 amide bonds. The van der Waals surface area contributed by atoms with Crippen molar-refractivity contribution in [3.05, 3.63) is 72.1 Å². The molecule has 136 valence electrons. The third-order valence-electron chi connectivity index (χ3n) is 4.31. The lowest BCUT2D eigenvalue weighted by Crippen LogP contribution is -2.33. The molecule has 5 heteroatoms. The largest absolute Gasteiger partial charge is 0.493 e. The van der Waals surface area contributed by atoms with Gasteiger partial charge in [0.1, 0.15) is 12.4 Å². The Morgan fingerprint density at radius 1 is 1.27 bits per heavy atom. The average molecular weight is 355 g/mol. The van der Waals surface area contributed by atoms with Crippen molar-refractivity contribution in [2.45, 2.75) is 25.4 Å². The minimum atomic E-state index is -0.295. The molecule has 0 aliphatic heterocycles. The Balaban J connectivity index is 1.83. The van der Waals surface area contributed by atoms with Crippen LogP contribution in [0.4, 0.5) is 4.39 Å². The molecule has 0 spiro atoms. The number of benzene rings is 2. The second kappa shape index (κ2) is 8.04. The number of hydrogen-bond acceptors (Lipinski definition) is 3. The van der Waals surface area contributed by atoms with Crippen molar-refractivity contribution < 1.29 is 18.7 Å².